The first-order valence-electron chi connectivity index (χ1n) is 5.51. The molecule has 1 aliphatic rings. The van der Waals surface area contributed by atoms with E-state index in [-0.39, 0.29) is 23.6 Å². The number of hydrogen-bond acceptors (Lipinski definition) is 5. The van der Waals surface area contributed by atoms with Crippen molar-refractivity contribution in [1.29, 1.82) is 0 Å². The topological polar surface area (TPSA) is 63.7 Å². The molecule has 0 aliphatic carbocycles. The van der Waals surface area contributed by atoms with E-state index in [2.05, 4.69) is 0 Å². The van der Waals surface area contributed by atoms with Gasteiger partial charge < -0.3 is 9.64 Å². The molecule has 0 amide bonds. The summed E-state index contributed by atoms with van der Waals surface area (Å²) in [5, 5.41) is 0. The first-order valence-corrected chi connectivity index (χ1v) is 7.33. The summed E-state index contributed by atoms with van der Waals surface area (Å²) in [7, 11) is -2.83. The van der Waals surface area contributed by atoms with Crippen LogP contribution in [0.25, 0.3) is 0 Å². The van der Waals surface area contributed by atoms with Crippen LogP contribution in [0.15, 0.2) is 0 Å². The van der Waals surface area contributed by atoms with Gasteiger partial charge in [-0.2, -0.15) is 0 Å². The van der Waals surface area contributed by atoms with Crippen molar-refractivity contribution in [2.24, 2.45) is 0 Å². The Morgan fingerprint density at radius 3 is 2.38 bits per heavy atom. The molecule has 1 saturated heterocycles. The fourth-order valence-electron chi connectivity index (χ4n) is 1.55. The molecule has 1 fully saturated rings. The van der Waals surface area contributed by atoms with Crippen LogP contribution in [-0.2, 0) is 19.4 Å². The van der Waals surface area contributed by atoms with Crippen LogP contribution in [0.2, 0.25) is 0 Å². The Balaban J connectivity index is 2.22. The van der Waals surface area contributed by atoms with Crippen LogP contribution in [0.1, 0.15) is 20.3 Å². The average molecular weight is 249 g/mol. The second-order valence-corrected chi connectivity index (χ2v) is 6.59. The Kier molecular flexibility index (Phi) is 4.73. The summed E-state index contributed by atoms with van der Waals surface area (Å²) in [4.78, 5) is 13.2. The molecule has 0 unspecified atom stereocenters. The van der Waals surface area contributed by atoms with Crippen molar-refractivity contribution in [3.05, 3.63) is 0 Å². The van der Waals surface area contributed by atoms with E-state index in [1.165, 1.54) is 0 Å². The first kappa shape index (κ1) is 13.4. The molecule has 6 heteroatoms. The quantitative estimate of drug-likeness (QED) is 0.659. The molecule has 0 atom stereocenters. The molecule has 0 aromatic carbocycles. The number of carbonyl (C=O) groups excluding carboxylic acids is 1. The van der Waals surface area contributed by atoms with Gasteiger partial charge in [0.15, 0.2) is 9.84 Å². The van der Waals surface area contributed by atoms with Gasteiger partial charge in [-0.1, -0.05) is 0 Å². The number of carbonyl (C=O) groups is 1. The van der Waals surface area contributed by atoms with Gasteiger partial charge in [0.1, 0.15) is 0 Å². The van der Waals surface area contributed by atoms with E-state index in [4.69, 9.17) is 4.74 Å². The molecule has 0 N–H and O–H groups in total. The van der Waals surface area contributed by atoms with Gasteiger partial charge in [-0.15, -0.1) is 0 Å². The molecule has 1 rings (SSSR count). The highest BCUT2D eigenvalue weighted by molar-refractivity contribution is 7.91. The number of sulfone groups is 1. The molecule has 16 heavy (non-hydrogen) atoms. The van der Waals surface area contributed by atoms with Crippen LogP contribution in [-0.4, -0.2) is 56.5 Å². The minimum Gasteiger partial charge on any atom is -0.463 e. The normalized spacial score (nSPS) is 20.9. The number of ether oxygens (including phenoxy) is 1. The maximum Gasteiger partial charge on any atom is 0.307 e. The summed E-state index contributed by atoms with van der Waals surface area (Å²) in [6.07, 6.45) is 0.243. The number of hydrogen-bond donors (Lipinski definition) is 0. The zero-order chi connectivity index (χ0) is 12.2. The van der Waals surface area contributed by atoms with Gasteiger partial charge in [-0.05, 0) is 13.8 Å². The lowest BCUT2D eigenvalue weighted by atomic mass is 10.3. The second kappa shape index (κ2) is 5.63. The average Bonchev–Trinajstić information content (AvgIpc) is 2.15. The number of rotatable bonds is 4. The SMILES string of the molecule is CC(C)OC(=O)CCN1CCS(=O)(=O)CC1. The lowest BCUT2D eigenvalue weighted by molar-refractivity contribution is -0.147. The molecule has 5 nitrogen and oxygen atoms in total. The third-order valence-corrected chi connectivity index (χ3v) is 4.05. The molecule has 0 saturated carbocycles. The maximum atomic E-state index is 11.3. The molecule has 94 valence electrons. The highest BCUT2D eigenvalue weighted by atomic mass is 32.2. The van der Waals surface area contributed by atoms with Gasteiger partial charge in [0, 0.05) is 19.6 Å². The Hall–Kier alpha value is -0.620. The van der Waals surface area contributed by atoms with Gasteiger partial charge >= 0.3 is 5.97 Å². The standard InChI is InChI=1S/C10H19NO4S/c1-9(2)15-10(12)3-4-11-5-7-16(13,14)8-6-11/h9H,3-8H2,1-2H3. The lowest BCUT2D eigenvalue weighted by Crippen LogP contribution is -2.41. The van der Waals surface area contributed by atoms with Crippen LogP contribution in [0, 0.1) is 0 Å². The van der Waals surface area contributed by atoms with Crippen molar-refractivity contribution >= 4 is 15.8 Å². The zero-order valence-corrected chi connectivity index (χ0v) is 10.6. The molecule has 1 aliphatic heterocycles. The maximum absolute atomic E-state index is 11.3. The van der Waals surface area contributed by atoms with Crippen molar-refractivity contribution in [3.8, 4) is 0 Å². The van der Waals surface area contributed by atoms with Gasteiger partial charge in [-0.25, -0.2) is 8.42 Å². The number of nitrogens with zero attached hydrogens (tertiary/aromatic N) is 1. The van der Waals surface area contributed by atoms with E-state index < -0.39 is 9.84 Å². The van der Waals surface area contributed by atoms with E-state index in [0.717, 1.165) is 0 Å². The van der Waals surface area contributed by atoms with Crippen molar-refractivity contribution in [1.82, 2.24) is 4.90 Å². The summed E-state index contributed by atoms with van der Waals surface area (Å²) in [5.41, 5.74) is 0. The largest absolute Gasteiger partial charge is 0.463 e. The minimum absolute atomic E-state index is 0.0887. The molecular formula is C10H19NO4S. The third-order valence-electron chi connectivity index (χ3n) is 2.44. The van der Waals surface area contributed by atoms with E-state index in [1.54, 1.807) is 0 Å². The summed E-state index contributed by atoms with van der Waals surface area (Å²) >= 11 is 0. The van der Waals surface area contributed by atoms with Crippen LogP contribution >= 0.6 is 0 Å². The van der Waals surface area contributed by atoms with Gasteiger partial charge in [0.25, 0.3) is 0 Å². The fourth-order valence-corrected chi connectivity index (χ4v) is 2.82. The van der Waals surface area contributed by atoms with Gasteiger partial charge in [-0.3, -0.25) is 4.79 Å². The monoisotopic (exact) mass is 249 g/mol. The Labute approximate surface area is 96.7 Å². The fraction of sp³-hybridized carbons (Fsp3) is 0.900. The Bertz CT molecular complexity index is 323. The Morgan fingerprint density at radius 2 is 1.88 bits per heavy atom. The van der Waals surface area contributed by atoms with Crippen LogP contribution in [0.5, 0.6) is 0 Å². The summed E-state index contributed by atoms with van der Waals surface area (Å²) in [6, 6.07) is 0. The van der Waals surface area contributed by atoms with Crippen molar-refractivity contribution in [2.75, 3.05) is 31.1 Å². The van der Waals surface area contributed by atoms with Crippen LogP contribution in [0.3, 0.4) is 0 Å². The summed E-state index contributed by atoms with van der Waals surface area (Å²) in [5.74, 6) is 0.182. The van der Waals surface area contributed by atoms with Crippen molar-refractivity contribution in [3.63, 3.8) is 0 Å². The van der Waals surface area contributed by atoms with E-state index in [0.29, 0.717) is 26.1 Å². The molecule has 0 bridgehead atoms. The third kappa shape index (κ3) is 4.94. The molecule has 1 heterocycles. The van der Waals surface area contributed by atoms with E-state index >= 15 is 0 Å². The first-order chi connectivity index (χ1) is 7.39. The molecular weight excluding hydrogens is 230 g/mol. The number of esters is 1. The minimum atomic E-state index is -2.83. The molecule has 0 radical (unpaired) electrons. The van der Waals surface area contributed by atoms with Gasteiger partial charge in [0.2, 0.25) is 0 Å². The van der Waals surface area contributed by atoms with Gasteiger partial charge in [0.05, 0.1) is 24.0 Å². The highest BCUT2D eigenvalue weighted by Gasteiger charge is 2.21. The summed E-state index contributed by atoms with van der Waals surface area (Å²) < 4.78 is 27.3. The van der Waals surface area contributed by atoms with Crippen LogP contribution < -0.4 is 0 Å². The zero-order valence-electron chi connectivity index (χ0n) is 9.81. The second-order valence-electron chi connectivity index (χ2n) is 4.28. The molecule has 0 aromatic rings. The molecule has 0 aromatic heterocycles. The lowest BCUT2D eigenvalue weighted by Gasteiger charge is -2.26. The van der Waals surface area contributed by atoms with Crippen LogP contribution in [0.4, 0.5) is 0 Å². The predicted octanol–water partition coefficient (Wildman–Crippen LogP) is 0.0585. The highest BCUT2D eigenvalue weighted by Crippen LogP contribution is 2.05. The van der Waals surface area contributed by atoms with E-state index in [9.17, 15) is 13.2 Å². The van der Waals surface area contributed by atoms with E-state index in [1.807, 2.05) is 18.7 Å². The molecule has 0 spiro atoms. The smallest absolute Gasteiger partial charge is 0.307 e. The Morgan fingerprint density at radius 1 is 1.31 bits per heavy atom. The van der Waals surface area contributed by atoms with Crippen molar-refractivity contribution < 1.29 is 17.9 Å². The summed E-state index contributed by atoms with van der Waals surface area (Å²) in [6.45, 7) is 5.26. The predicted molar refractivity (Wildman–Crippen MR) is 60.9 cm³/mol. The van der Waals surface area contributed by atoms with Crippen molar-refractivity contribution in [2.45, 2.75) is 26.4 Å².